The zero-order valence-electron chi connectivity index (χ0n) is 8.76. The first-order valence-electron chi connectivity index (χ1n) is 4.88. The average Bonchev–Trinajstić information content (AvgIpc) is 2.30. The van der Waals surface area contributed by atoms with E-state index in [4.69, 9.17) is 11.6 Å². The van der Waals surface area contributed by atoms with Crippen molar-refractivity contribution in [1.82, 2.24) is 9.97 Å². The summed E-state index contributed by atoms with van der Waals surface area (Å²) in [6.07, 6.45) is 4.11. The maximum Gasteiger partial charge on any atom is 0.123 e. The van der Waals surface area contributed by atoms with Gasteiger partial charge in [-0.25, -0.2) is 0 Å². The number of rotatable bonds is 2. The summed E-state index contributed by atoms with van der Waals surface area (Å²) in [5, 5.41) is 10.7. The molecule has 16 heavy (non-hydrogen) atoms. The molecule has 2 rings (SSSR count). The largest absolute Gasteiger partial charge is 0.382 e. The molecule has 1 unspecified atom stereocenters. The molecule has 0 aliphatic carbocycles. The van der Waals surface area contributed by atoms with Crippen LogP contribution in [0.1, 0.15) is 22.9 Å². The Morgan fingerprint density at radius 1 is 1.25 bits per heavy atom. The Balaban J connectivity index is 2.35. The molecule has 0 saturated heterocycles. The fourth-order valence-electron chi connectivity index (χ4n) is 1.47. The monoisotopic (exact) mass is 234 g/mol. The van der Waals surface area contributed by atoms with Crippen LogP contribution in [0.2, 0.25) is 5.02 Å². The van der Waals surface area contributed by atoms with Crippen molar-refractivity contribution >= 4 is 11.6 Å². The second kappa shape index (κ2) is 4.60. The Morgan fingerprint density at radius 2 is 2.06 bits per heavy atom. The van der Waals surface area contributed by atoms with Crippen LogP contribution in [0.3, 0.4) is 0 Å². The van der Waals surface area contributed by atoms with Crippen molar-refractivity contribution in [2.45, 2.75) is 13.0 Å². The summed E-state index contributed by atoms with van der Waals surface area (Å²) in [7, 11) is 0. The van der Waals surface area contributed by atoms with E-state index in [-0.39, 0.29) is 0 Å². The van der Waals surface area contributed by atoms with Gasteiger partial charge in [0.2, 0.25) is 0 Å². The van der Waals surface area contributed by atoms with Crippen LogP contribution in [0.15, 0.2) is 36.8 Å². The van der Waals surface area contributed by atoms with Crippen LogP contribution in [0, 0.1) is 6.92 Å². The van der Waals surface area contributed by atoms with Crippen LogP contribution in [-0.2, 0) is 0 Å². The second-order valence-corrected chi connectivity index (χ2v) is 3.97. The predicted molar refractivity (Wildman–Crippen MR) is 62.3 cm³/mol. The van der Waals surface area contributed by atoms with Crippen molar-refractivity contribution in [2.24, 2.45) is 0 Å². The highest BCUT2D eigenvalue weighted by Gasteiger charge is 2.13. The standard InChI is InChI=1S/C12H11ClN2O/c1-8-4-5-14-7-10(8)12(16)11-3-2-9(13)6-15-11/h2-7,12,16H,1H3. The van der Waals surface area contributed by atoms with E-state index in [1.54, 1.807) is 24.5 Å². The molecule has 1 N–H and O–H groups in total. The lowest BCUT2D eigenvalue weighted by atomic mass is 10.0. The molecule has 1 atom stereocenters. The number of aromatic nitrogens is 2. The zero-order chi connectivity index (χ0) is 11.5. The van der Waals surface area contributed by atoms with Crippen molar-refractivity contribution in [3.63, 3.8) is 0 Å². The number of hydrogen-bond donors (Lipinski definition) is 1. The van der Waals surface area contributed by atoms with Gasteiger partial charge in [-0.3, -0.25) is 9.97 Å². The van der Waals surface area contributed by atoms with Gasteiger partial charge in [0.15, 0.2) is 0 Å². The van der Waals surface area contributed by atoms with Crippen LogP contribution in [0.25, 0.3) is 0 Å². The van der Waals surface area contributed by atoms with Gasteiger partial charge in [-0.15, -0.1) is 0 Å². The van der Waals surface area contributed by atoms with Gasteiger partial charge in [-0.05, 0) is 30.7 Å². The van der Waals surface area contributed by atoms with E-state index in [1.165, 1.54) is 6.20 Å². The van der Waals surface area contributed by atoms with Gasteiger partial charge in [0.1, 0.15) is 6.10 Å². The Morgan fingerprint density at radius 3 is 2.69 bits per heavy atom. The molecule has 4 heteroatoms. The third kappa shape index (κ3) is 2.21. The molecule has 0 bridgehead atoms. The smallest absolute Gasteiger partial charge is 0.123 e. The quantitative estimate of drug-likeness (QED) is 0.869. The number of pyridine rings is 2. The van der Waals surface area contributed by atoms with Gasteiger partial charge in [-0.2, -0.15) is 0 Å². The second-order valence-electron chi connectivity index (χ2n) is 3.54. The van der Waals surface area contributed by atoms with Crippen molar-refractivity contribution in [1.29, 1.82) is 0 Å². The average molecular weight is 235 g/mol. The topological polar surface area (TPSA) is 46.0 Å². The molecule has 0 radical (unpaired) electrons. The molecule has 2 heterocycles. The molecule has 82 valence electrons. The first-order chi connectivity index (χ1) is 7.68. The van der Waals surface area contributed by atoms with Gasteiger partial charge in [0.05, 0.1) is 10.7 Å². The Labute approximate surface area is 98.8 Å². The van der Waals surface area contributed by atoms with Gasteiger partial charge in [0, 0.05) is 24.2 Å². The summed E-state index contributed by atoms with van der Waals surface area (Å²) < 4.78 is 0. The minimum Gasteiger partial charge on any atom is -0.382 e. The van der Waals surface area contributed by atoms with E-state index in [2.05, 4.69) is 9.97 Å². The molecule has 0 fully saturated rings. The summed E-state index contributed by atoms with van der Waals surface area (Å²) in [6, 6.07) is 5.27. The van der Waals surface area contributed by atoms with E-state index in [0.29, 0.717) is 10.7 Å². The maximum absolute atomic E-state index is 10.1. The summed E-state index contributed by atoms with van der Waals surface area (Å²) in [5.41, 5.74) is 2.32. The lowest BCUT2D eigenvalue weighted by Gasteiger charge is -2.12. The summed E-state index contributed by atoms with van der Waals surface area (Å²) >= 11 is 5.74. The number of aryl methyl sites for hydroxylation is 1. The van der Waals surface area contributed by atoms with E-state index in [9.17, 15) is 5.11 Å². The number of nitrogens with zero attached hydrogens (tertiary/aromatic N) is 2. The van der Waals surface area contributed by atoms with Crippen LogP contribution in [0.4, 0.5) is 0 Å². The summed E-state index contributed by atoms with van der Waals surface area (Å²) in [5.74, 6) is 0. The highest BCUT2D eigenvalue weighted by Crippen LogP contribution is 2.22. The molecular formula is C12H11ClN2O. The fraction of sp³-hybridized carbons (Fsp3) is 0.167. The van der Waals surface area contributed by atoms with Crippen molar-refractivity contribution in [3.05, 3.63) is 58.6 Å². The number of hydrogen-bond acceptors (Lipinski definition) is 3. The molecule has 2 aromatic rings. The number of aliphatic hydroxyl groups excluding tert-OH is 1. The fourth-order valence-corrected chi connectivity index (χ4v) is 1.58. The molecule has 0 saturated carbocycles. The lowest BCUT2D eigenvalue weighted by molar-refractivity contribution is 0.214. The molecule has 0 aromatic carbocycles. The molecule has 0 aliphatic heterocycles. The third-order valence-corrected chi connectivity index (χ3v) is 2.63. The van der Waals surface area contributed by atoms with Crippen molar-refractivity contribution in [2.75, 3.05) is 0 Å². The minimum absolute atomic E-state index is 0.554. The number of aliphatic hydroxyl groups is 1. The zero-order valence-corrected chi connectivity index (χ0v) is 9.52. The summed E-state index contributed by atoms with van der Waals surface area (Å²) in [4.78, 5) is 8.08. The highest BCUT2D eigenvalue weighted by atomic mass is 35.5. The Kier molecular flexibility index (Phi) is 3.17. The Hall–Kier alpha value is -1.45. The molecule has 2 aromatic heterocycles. The van der Waals surface area contributed by atoms with Crippen LogP contribution in [0.5, 0.6) is 0 Å². The first-order valence-corrected chi connectivity index (χ1v) is 5.26. The van der Waals surface area contributed by atoms with Gasteiger partial charge >= 0.3 is 0 Å². The van der Waals surface area contributed by atoms with Crippen molar-refractivity contribution < 1.29 is 5.11 Å². The van der Waals surface area contributed by atoms with E-state index in [1.807, 2.05) is 13.0 Å². The maximum atomic E-state index is 10.1. The predicted octanol–water partition coefficient (Wildman–Crippen LogP) is 2.52. The number of halogens is 1. The van der Waals surface area contributed by atoms with Gasteiger partial charge in [0.25, 0.3) is 0 Å². The molecular weight excluding hydrogens is 224 g/mol. The van der Waals surface area contributed by atoms with Gasteiger partial charge in [-0.1, -0.05) is 11.6 Å². The Bertz CT molecular complexity index is 485. The first kappa shape index (κ1) is 11.0. The van der Waals surface area contributed by atoms with Crippen LogP contribution in [-0.4, -0.2) is 15.1 Å². The van der Waals surface area contributed by atoms with Crippen LogP contribution < -0.4 is 0 Å². The SMILES string of the molecule is Cc1ccncc1C(O)c1ccc(Cl)cn1. The normalized spacial score (nSPS) is 12.4. The van der Waals surface area contributed by atoms with E-state index < -0.39 is 6.10 Å². The van der Waals surface area contributed by atoms with Crippen molar-refractivity contribution in [3.8, 4) is 0 Å². The third-order valence-electron chi connectivity index (χ3n) is 2.40. The lowest BCUT2D eigenvalue weighted by Crippen LogP contribution is -2.04. The molecule has 0 amide bonds. The van der Waals surface area contributed by atoms with Gasteiger partial charge < -0.3 is 5.11 Å². The molecule has 0 spiro atoms. The van der Waals surface area contributed by atoms with E-state index >= 15 is 0 Å². The highest BCUT2D eigenvalue weighted by molar-refractivity contribution is 6.30. The van der Waals surface area contributed by atoms with E-state index in [0.717, 1.165) is 11.1 Å². The molecule has 0 aliphatic rings. The van der Waals surface area contributed by atoms with Crippen LogP contribution >= 0.6 is 11.6 Å². The minimum atomic E-state index is -0.758. The molecule has 3 nitrogen and oxygen atoms in total. The summed E-state index contributed by atoms with van der Waals surface area (Å²) in [6.45, 7) is 1.93.